The molecule has 0 bridgehead atoms. The summed E-state index contributed by atoms with van der Waals surface area (Å²) in [6, 6.07) is 1.16. The number of rotatable bonds is 12. The summed E-state index contributed by atoms with van der Waals surface area (Å²) < 4.78 is 5.76. The van der Waals surface area contributed by atoms with Crippen LogP contribution in [0.3, 0.4) is 0 Å². The SMILES string of the molecule is CCCC(OC)C(C)C(CC)CC(C)C(C)NC(C)C(C)C. The molecule has 0 saturated carbocycles. The summed E-state index contributed by atoms with van der Waals surface area (Å²) >= 11 is 0. The van der Waals surface area contributed by atoms with Gasteiger partial charge in [-0.15, -0.1) is 0 Å². The van der Waals surface area contributed by atoms with E-state index in [0.717, 1.165) is 5.92 Å². The molecule has 0 amide bonds. The first-order valence-electron chi connectivity index (χ1n) is 9.57. The van der Waals surface area contributed by atoms with Crippen molar-refractivity contribution < 1.29 is 4.74 Å². The molecule has 0 spiro atoms. The Morgan fingerprint density at radius 2 is 1.50 bits per heavy atom. The van der Waals surface area contributed by atoms with Gasteiger partial charge in [0.25, 0.3) is 0 Å². The minimum atomic E-state index is 0.417. The summed E-state index contributed by atoms with van der Waals surface area (Å²) in [5, 5.41) is 3.78. The van der Waals surface area contributed by atoms with Crippen LogP contribution in [0.15, 0.2) is 0 Å². The monoisotopic (exact) mass is 313 g/mol. The van der Waals surface area contributed by atoms with E-state index in [9.17, 15) is 0 Å². The van der Waals surface area contributed by atoms with Gasteiger partial charge in [0.2, 0.25) is 0 Å². The summed E-state index contributed by atoms with van der Waals surface area (Å²) in [7, 11) is 1.88. The quantitative estimate of drug-likeness (QED) is 0.513. The largest absolute Gasteiger partial charge is 0.381 e. The van der Waals surface area contributed by atoms with Crippen LogP contribution in [0, 0.1) is 23.7 Å². The van der Waals surface area contributed by atoms with Gasteiger partial charge in [-0.3, -0.25) is 0 Å². The summed E-state index contributed by atoms with van der Waals surface area (Å²) in [4.78, 5) is 0. The Bertz CT molecular complexity index is 266. The van der Waals surface area contributed by atoms with Gasteiger partial charge < -0.3 is 10.1 Å². The van der Waals surface area contributed by atoms with Crippen LogP contribution in [-0.4, -0.2) is 25.3 Å². The molecular formula is C20H43NO. The molecule has 0 aliphatic heterocycles. The Kier molecular flexibility index (Phi) is 11.4. The Hall–Kier alpha value is -0.0800. The van der Waals surface area contributed by atoms with Crippen molar-refractivity contribution in [3.8, 4) is 0 Å². The zero-order chi connectivity index (χ0) is 17.3. The highest BCUT2D eigenvalue weighted by Gasteiger charge is 2.27. The van der Waals surface area contributed by atoms with Gasteiger partial charge >= 0.3 is 0 Å². The molecule has 134 valence electrons. The number of nitrogens with one attached hydrogen (secondary N) is 1. The first kappa shape index (κ1) is 21.9. The minimum Gasteiger partial charge on any atom is -0.381 e. The lowest BCUT2D eigenvalue weighted by molar-refractivity contribution is 0.0209. The maximum atomic E-state index is 5.76. The van der Waals surface area contributed by atoms with Gasteiger partial charge in [0.05, 0.1) is 6.10 Å². The smallest absolute Gasteiger partial charge is 0.0599 e. The summed E-state index contributed by atoms with van der Waals surface area (Å²) in [6.45, 7) is 18.6. The molecule has 6 atom stereocenters. The van der Waals surface area contributed by atoms with E-state index in [-0.39, 0.29) is 0 Å². The fourth-order valence-electron chi connectivity index (χ4n) is 3.39. The molecule has 0 aliphatic carbocycles. The van der Waals surface area contributed by atoms with Crippen molar-refractivity contribution in [3.63, 3.8) is 0 Å². The predicted octanol–water partition coefficient (Wildman–Crippen LogP) is 5.51. The normalized spacial score (nSPS) is 20.5. The Morgan fingerprint density at radius 3 is 1.91 bits per heavy atom. The van der Waals surface area contributed by atoms with Gasteiger partial charge in [-0.25, -0.2) is 0 Å². The summed E-state index contributed by atoms with van der Waals surface area (Å²) in [5.74, 6) is 2.79. The van der Waals surface area contributed by atoms with E-state index in [4.69, 9.17) is 4.74 Å². The maximum absolute atomic E-state index is 5.76. The van der Waals surface area contributed by atoms with E-state index in [1.54, 1.807) is 0 Å². The Morgan fingerprint density at radius 1 is 0.909 bits per heavy atom. The third kappa shape index (κ3) is 7.46. The number of hydrogen-bond acceptors (Lipinski definition) is 2. The standard InChI is InChI=1S/C20H43NO/c1-10-12-20(22-9)16(6)19(11-2)13-15(5)18(8)21-17(7)14(3)4/h14-21H,10-13H2,1-9H3. The van der Waals surface area contributed by atoms with E-state index in [2.05, 4.69) is 60.7 Å². The van der Waals surface area contributed by atoms with E-state index < -0.39 is 0 Å². The maximum Gasteiger partial charge on any atom is 0.0599 e. The molecule has 0 aromatic heterocycles. The molecule has 0 rings (SSSR count). The van der Waals surface area contributed by atoms with E-state index >= 15 is 0 Å². The molecule has 1 N–H and O–H groups in total. The van der Waals surface area contributed by atoms with E-state index in [1.807, 2.05) is 7.11 Å². The second-order valence-electron chi connectivity index (χ2n) is 7.79. The van der Waals surface area contributed by atoms with Gasteiger partial charge in [0, 0.05) is 19.2 Å². The second-order valence-corrected chi connectivity index (χ2v) is 7.79. The number of ether oxygens (including phenoxy) is 1. The fraction of sp³-hybridized carbons (Fsp3) is 1.00. The lowest BCUT2D eigenvalue weighted by Gasteiger charge is -2.34. The van der Waals surface area contributed by atoms with E-state index in [1.165, 1.54) is 25.7 Å². The number of hydrogen-bond donors (Lipinski definition) is 1. The molecule has 0 fully saturated rings. The molecular weight excluding hydrogens is 270 g/mol. The van der Waals surface area contributed by atoms with Crippen molar-refractivity contribution in [1.82, 2.24) is 5.32 Å². The van der Waals surface area contributed by atoms with Crippen LogP contribution in [0.25, 0.3) is 0 Å². The van der Waals surface area contributed by atoms with Gasteiger partial charge in [-0.2, -0.15) is 0 Å². The molecule has 0 aromatic carbocycles. The second kappa shape index (κ2) is 11.5. The van der Waals surface area contributed by atoms with Crippen molar-refractivity contribution in [2.75, 3.05) is 7.11 Å². The van der Waals surface area contributed by atoms with Crippen LogP contribution < -0.4 is 5.32 Å². The average Bonchev–Trinajstić information content (AvgIpc) is 2.48. The molecule has 0 saturated heterocycles. The van der Waals surface area contributed by atoms with Crippen LogP contribution in [0.2, 0.25) is 0 Å². The van der Waals surface area contributed by atoms with Crippen LogP contribution in [0.5, 0.6) is 0 Å². The highest BCUT2D eigenvalue weighted by molar-refractivity contribution is 4.80. The Balaban J connectivity index is 4.57. The predicted molar refractivity (Wildman–Crippen MR) is 99.3 cm³/mol. The first-order chi connectivity index (χ1) is 10.3. The van der Waals surface area contributed by atoms with Crippen molar-refractivity contribution >= 4 is 0 Å². The van der Waals surface area contributed by atoms with Crippen molar-refractivity contribution in [1.29, 1.82) is 0 Å². The molecule has 0 aromatic rings. The van der Waals surface area contributed by atoms with Crippen LogP contribution >= 0.6 is 0 Å². The topological polar surface area (TPSA) is 21.3 Å². The molecule has 2 nitrogen and oxygen atoms in total. The molecule has 6 unspecified atom stereocenters. The van der Waals surface area contributed by atoms with Crippen molar-refractivity contribution in [3.05, 3.63) is 0 Å². The first-order valence-corrected chi connectivity index (χ1v) is 9.57. The molecule has 0 aliphatic rings. The highest BCUT2D eigenvalue weighted by Crippen LogP contribution is 2.30. The van der Waals surface area contributed by atoms with Crippen molar-refractivity contribution in [2.24, 2.45) is 23.7 Å². The van der Waals surface area contributed by atoms with Crippen LogP contribution in [-0.2, 0) is 4.74 Å². The summed E-state index contributed by atoms with van der Waals surface area (Å²) in [5.41, 5.74) is 0. The average molecular weight is 314 g/mol. The van der Waals surface area contributed by atoms with Gasteiger partial charge in [-0.05, 0) is 50.4 Å². The van der Waals surface area contributed by atoms with Gasteiger partial charge in [0.15, 0.2) is 0 Å². The molecule has 0 radical (unpaired) electrons. The van der Waals surface area contributed by atoms with Gasteiger partial charge in [0.1, 0.15) is 0 Å². The molecule has 0 heterocycles. The van der Waals surface area contributed by atoms with E-state index in [0.29, 0.717) is 35.9 Å². The fourth-order valence-corrected chi connectivity index (χ4v) is 3.39. The third-order valence-corrected chi connectivity index (χ3v) is 5.78. The van der Waals surface area contributed by atoms with Gasteiger partial charge in [-0.1, -0.05) is 54.4 Å². The zero-order valence-corrected chi connectivity index (χ0v) is 16.8. The van der Waals surface area contributed by atoms with Crippen molar-refractivity contribution in [2.45, 2.75) is 99.3 Å². The lowest BCUT2D eigenvalue weighted by atomic mass is 9.78. The minimum absolute atomic E-state index is 0.417. The third-order valence-electron chi connectivity index (χ3n) is 5.78. The summed E-state index contributed by atoms with van der Waals surface area (Å²) in [6.07, 6.45) is 5.35. The highest BCUT2D eigenvalue weighted by atomic mass is 16.5. The molecule has 22 heavy (non-hydrogen) atoms. The Labute approximate surface area is 140 Å². The lowest BCUT2D eigenvalue weighted by Crippen LogP contribution is -2.42. The number of methoxy groups -OCH3 is 1. The molecule has 2 heteroatoms. The van der Waals surface area contributed by atoms with Crippen LogP contribution in [0.4, 0.5) is 0 Å². The van der Waals surface area contributed by atoms with Crippen LogP contribution in [0.1, 0.15) is 81.1 Å². The zero-order valence-electron chi connectivity index (χ0n) is 16.8.